The summed E-state index contributed by atoms with van der Waals surface area (Å²) < 4.78 is 26.8. The molecule has 2 rings (SSSR count). The minimum atomic E-state index is -0.498. The van der Waals surface area contributed by atoms with Crippen molar-refractivity contribution in [2.75, 3.05) is 14.1 Å². The number of likely N-dealkylation sites (N-methyl/N-ethyl adjacent to an activating group) is 1. The van der Waals surface area contributed by atoms with Gasteiger partial charge in [-0.1, -0.05) is 30.3 Å². The van der Waals surface area contributed by atoms with E-state index in [4.69, 9.17) is 0 Å². The Balaban J connectivity index is 1.97. The lowest BCUT2D eigenvalue weighted by atomic mass is 9.99. The molecule has 0 radical (unpaired) electrons. The summed E-state index contributed by atoms with van der Waals surface area (Å²) in [6.07, 6.45) is 0.278. The van der Waals surface area contributed by atoms with E-state index in [1.165, 1.54) is 0 Å². The lowest BCUT2D eigenvalue weighted by Gasteiger charge is -2.31. The number of halogens is 2. The minimum Gasteiger partial charge on any atom is -0.352 e. The lowest BCUT2D eigenvalue weighted by molar-refractivity contribution is -0.122. The molecule has 0 aliphatic rings. The third-order valence-corrected chi connectivity index (χ3v) is 4.19. The van der Waals surface area contributed by atoms with Crippen LogP contribution in [0.1, 0.15) is 30.5 Å². The Hall–Kier alpha value is -2.27. The van der Waals surface area contributed by atoms with Crippen molar-refractivity contribution in [2.24, 2.45) is 0 Å². The van der Waals surface area contributed by atoms with Gasteiger partial charge in [0.2, 0.25) is 5.91 Å². The van der Waals surface area contributed by atoms with Crippen molar-refractivity contribution < 1.29 is 13.6 Å². The van der Waals surface area contributed by atoms with Crippen molar-refractivity contribution >= 4 is 5.91 Å². The van der Waals surface area contributed by atoms with Gasteiger partial charge >= 0.3 is 0 Å². The van der Waals surface area contributed by atoms with Crippen molar-refractivity contribution in [3.63, 3.8) is 0 Å². The number of nitrogens with one attached hydrogen (secondary N) is 1. The van der Waals surface area contributed by atoms with E-state index in [0.29, 0.717) is 0 Å². The Bertz CT molecular complexity index is 704. The van der Waals surface area contributed by atoms with Crippen LogP contribution in [0.5, 0.6) is 0 Å². The van der Waals surface area contributed by atoms with Gasteiger partial charge in [0.25, 0.3) is 0 Å². The van der Waals surface area contributed by atoms with Crippen LogP contribution in [-0.4, -0.2) is 30.9 Å². The molecule has 0 spiro atoms. The summed E-state index contributed by atoms with van der Waals surface area (Å²) in [6.45, 7) is 1.94. The molecule has 0 saturated carbocycles. The first-order chi connectivity index (χ1) is 11.9. The highest BCUT2D eigenvalue weighted by Gasteiger charge is 2.22. The first-order valence-electron chi connectivity index (χ1n) is 8.33. The SMILES string of the molecule is CC(NC(=O)CCc1cc(F)ccc1F)C(c1ccccc1)N(C)C. The van der Waals surface area contributed by atoms with Crippen molar-refractivity contribution in [1.82, 2.24) is 10.2 Å². The summed E-state index contributed by atoms with van der Waals surface area (Å²) in [5.74, 6) is -1.17. The molecule has 0 bridgehead atoms. The van der Waals surface area contributed by atoms with Gasteiger partial charge in [-0.05, 0) is 56.8 Å². The number of nitrogens with zero attached hydrogens (tertiary/aromatic N) is 1. The maximum atomic E-state index is 13.6. The Labute approximate surface area is 147 Å². The number of carbonyl (C=O) groups is 1. The van der Waals surface area contributed by atoms with Gasteiger partial charge in [0.05, 0.1) is 6.04 Å². The smallest absolute Gasteiger partial charge is 0.220 e. The molecule has 0 heterocycles. The second kappa shape index (κ2) is 8.72. The van der Waals surface area contributed by atoms with Crippen molar-refractivity contribution in [3.05, 3.63) is 71.3 Å². The fourth-order valence-corrected chi connectivity index (χ4v) is 3.07. The molecule has 0 aliphatic carbocycles. The number of aryl methyl sites for hydroxylation is 1. The van der Waals surface area contributed by atoms with Crippen molar-refractivity contribution in [1.29, 1.82) is 0 Å². The second-order valence-corrected chi connectivity index (χ2v) is 6.41. The van der Waals surface area contributed by atoms with Crippen LogP contribution in [0.2, 0.25) is 0 Å². The van der Waals surface area contributed by atoms with Gasteiger partial charge in [0.15, 0.2) is 0 Å². The number of carbonyl (C=O) groups excluding carboxylic acids is 1. The highest BCUT2D eigenvalue weighted by atomic mass is 19.1. The average molecular weight is 346 g/mol. The zero-order valence-electron chi connectivity index (χ0n) is 14.8. The molecule has 25 heavy (non-hydrogen) atoms. The number of rotatable bonds is 7. The maximum absolute atomic E-state index is 13.6. The molecule has 0 fully saturated rings. The predicted octanol–water partition coefficient (Wildman–Crippen LogP) is 3.71. The standard InChI is InChI=1S/C20H24F2N2O/c1-14(20(24(2)3)15-7-5-4-6-8-15)23-19(25)12-9-16-13-17(21)10-11-18(16)22/h4-8,10-11,13-14,20H,9,12H2,1-3H3,(H,23,25). The number of hydrogen-bond acceptors (Lipinski definition) is 2. The number of amides is 1. The lowest BCUT2D eigenvalue weighted by Crippen LogP contribution is -2.42. The summed E-state index contributed by atoms with van der Waals surface area (Å²) in [6, 6.07) is 13.1. The summed E-state index contributed by atoms with van der Waals surface area (Å²) in [7, 11) is 3.92. The van der Waals surface area contributed by atoms with Crippen LogP contribution in [0.3, 0.4) is 0 Å². The summed E-state index contributed by atoms with van der Waals surface area (Å²) in [5, 5.41) is 2.97. The summed E-state index contributed by atoms with van der Waals surface area (Å²) in [4.78, 5) is 14.3. The Morgan fingerprint density at radius 3 is 2.44 bits per heavy atom. The summed E-state index contributed by atoms with van der Waals surface area (Å²) >= 11 is 0. The molecule has 5 heteroatoms. The van der Waals surface area contributed by atoms with Gasteiger partial charge in [-0.2, -0.15) is 0 Å². The van der Waals surface area contributed by atoms with E-state index in [1.54, 1.807) is 0 Å². The maximum Gasteiger partial charge on any atom is 0.220 e. The molecule has 0 saturated heterocycles. The molecule has 1 amide bonds. The van der Waals surface area contributed by atoms with Gasteiger partial charge in [-0.15, -0.1) is 0 Å². The number of hydrogen-bond donors (Lipinski definition) is 1. The topological polar surface area (TPSA) is 32.3 Å². The second-order valence-electron chi connectivity index (χ2n) is 6.41. The van der Waals surface area contributed by atoms with E-state index in [2.05, 4.69) is 5.32 Å². The van der Waals surface area contributed by atoms with Crippen LogP contribution in [0.25, 0.3) is 0 Å². The van der Waals surface area contributed by atoms with E-state index >= 15 is 0 Å². The van der Waals surface area contributed by atoms with Crippen LogP contribution < -0.4 is 5.32 Å². The van der Waals surface area contributed by atoms with Gasteiger partial charge in [-0.25, -0.2) is 8.78 Å². The summed E-state index contributed by atoms with van der Waals surface area (Å²) in [5.41, 5.74) is 1.33. The molecule has 2 aromatic carbocycles. The largest absolute Gasteiger partial charge is 0.352 e. The molecule has 0 aromatic heterocycles. The zero-order chi connectivity index (χ0) is 18.4. The third-order valence-electron chi connectivity index (χ3n) is 4.19. The molecular weight excluding hydrogens is 322 g/mol. The van der Waals surface area contributed by atoms with Gasteiger partial charge < -0.3 is 10.2 Å². The van der Waals surface area contributed by atoms with Crippen LogP contribution >= 0.6 is 0 Å². The molecule has 1 N–H and O–H groups in total. The monoisotopic (exact) mass is 346 g/mol. The van der Waals surface area contributed by atoms with E-state index in [0.717, 1.165) is 23.8 Å². The van der Waals surface area contributed by atoms with Gasteiger partial charge in [0.1, 0.15) is 11.6 Å². The van der Waals surface area contributed by atoms with Crippen molar-refractivity contribution in [2.45, 2.75) is 31.8 Å². The first kappa shape index (κ1) is 19.1. The Kier molecular flexibility index (Phi) is 6.65. The molecule has 2 atom stereocenters. The fraction of sp³-hybridized carbons (Fsp3) is 0.350. The molecule has 2 aromatic rings. The highest BCUT2D eigenvalue weighted by Crippen LogP contribution is 2.22. The predicted molar refractivity (Wildman–Crippen MR) is 95.2 cm³/mol. The van der Waals surface area contributed by atoms with E-state index in [-0.39, 0.29) is 36.4 Å². The van der Waals surface area contributed by atoms with Crippen molar-refractivity contribution in [3.8, 4) is 0 Å². The highest BCUT2D eigenvalue weighted by molar-refractivity contribution is 5.76. The fourth-order valence-electron chi connectivity index (χ4n) is 3.07. The van der Waals surface area contributed by atoms with E-state index in [9.17, 15) is 13.6 Å². The first-order valence-corrected chi connectivity index (χ1v) is 8.33. The third kappa shape index (κ3) is 5.36. The molecule has 2 unspecified atom stereocenters. The minimum absolute atomic E-state index is 0.0241. The van der Waals surface area contributed by atoms with Crippen LogP contribution in [0.4, 0.5) is 8.78 Å². The molecular formula is C20H24F2N2O. The normalized spacial score (nSPS) is 13.5. The van der Waals surface area contributed by atoms with Gasteiger partial charge in [-0.3, -0.25) is 4.79 Å². The number of benzene rings is 2. The molecule has 134 valence electrons. The van der Waals surface area contributed by atoms with Crippen LogP contribution in [0.15, 0.2) is 48.5 Å². The van der Waals surface area contributed by atoms with E-state index < -0.39 is 11.6 Å². The Morgan fingerprint density at radius 1 is 1.12 bits per heavy atom. The van der Waals surface area contributed by atoms with E-state index in [1.807, 2.05) is 56.3 Å². The van der Waals surface area contributed by atoms with Crippen LogP contribution in [-0.2, 0) is 11.2 Å². The van der Waals surface area contributed by atoms with Gasteiger partial charge in [0, 0.05) is 12.5 Å². The molecule has 3 nitrogen and oxygen atoms in total. The Morgan fingerprint density at radius 2 is 1.80 bits per heavy atom. The van der Waals surface area contributed by atoms with Crippen LogP contribution in [0, 0.1) is 11.6 Å². The zero-order valence-corrected chi connectivity index (χ0v) is 14.8. The average Bonchev–Trinajstić information content (AvgIpc) is 2.56. The quantitative estimate of drug-likeness (QED) is 0.829. The molecule has 0 aliphatic heterocycles.